The molecule has 2 aliphatic rings. The second-order valence-corrected chi connectivity index (χ2v) is 6.91. The van der Waals surface area contributed by atoms with Gasteiger partial charge in [-0.25, -0.2) is 0 Å². The van der Waals surface area contributed by atoms with Crippen LogP contribution in [0, 0.1) is 5.41 Å². The number of hydrogen-bond donors (Lipinski definition) is 2. The largest absolute Gasteiger partial charge is 0.352 e. The Morgan fingerprint density at radius 2 is 1.94 bits per heavy atom. The molecule has 104 valence electrons. The van der Waals surface area contributed by atoms with Gasteiger partial charge in [0.2, 0.25) is 5.91 Å². The Labute approximate surface area is 115 Å². The minimum atomic E-state index is -0.250. The molecule has 0 spiro atoms. The Balaban J connectivity index is 1.96. The lowest BCUT2D eigenvalue weighted by Crippen LogP contribution is -2.51. The minimum Gasteiger partial charge on any atom is -0.352 e. The van der Waals surface area contributed by atoms with E-state index in [9.17, 15) is 4.79 Å². The molecule has 18 heavy (non-hydrogen) atoms. The van der Waals surface area contributed by atoms with E-state index in [0.29, 0.717) is 17.8 Å². The van der Waals surface area contributed by atoms with Crippen LogP contribution in [0.5, 0.6) is 0 Å². The van der Waals surface area contributed by atoms with Gasteiger partial charge in [-0.05, 0) is 31.9 Å². The van der Waals surface area contributed by atoms with E-state index in [1.165, 1.54) is 19.3 Å². The maximum Gasteiger partial charge on any atom is 0.227 e. The zero-order chi connectivity index (χ0) is 13.0. The van der Waals surface area contributed by atoms with Gasteiger partial charge >= 0.3 is 0 Å². The van der Waals surface area contributed by atoms with Gasteiger partial charge < -0.3 is 11.1 Å². The van der Waals surface area contributed by atoms with E-state index in [1.54, 1.807) is 0 Å². The smallest absolute Gasteiger partial charge is 0.227 e. The van der Waals surface area contributed by atoms with Crippen LogP contribution in [0.1, 0.15) is 51.4 Å². The first-order chi connectivity index (χ1) is 8.72. The van der Waals surface area contributed by atoms with Crippen molar-refractivity contribution in [3.05, 3.63) is 0 Å². The van der Waals surface area contributed by atoms with Crippen LogP contribution in [-0.2, 0) is 4.79 Å². The molecule has 2 aliphatic carbocycles. The van der Waals surface area contributed by atoms with Crippen LogP contribution in [0.25, 0.3) is 0 Å². The number of nitrogens with two attached hydrogens (primary N) is 1. The lowest BCUT2D eigenvalue weighted by molar-refractivity contribution is -0.131. The Morgan fingerprint density at radius 1 is 1.28 bits per heavy atom. The molecule has 0 aliphatic heterocycles. The second kappa shape index (κ2) is 6.29. The zero-order valence-corrected chi connectivity index (χ0v) is 12.2. The molecule has 0 aromatic rings. The highest BCUT2D eigenvalue weighted by molar-refractivity contribution is 7.99. The van der Waals surface area contributed by atoms with Gasteiger partial charge in [0.15, 0.2) is 0 Å². The van der Waals surface area contributed by atoms with Crippen LogP contribution in [0.3, 0.4) is 0 Å². The molecule has 0 radical (unpaired) electrons. The molecule has 0 aromatic heterocycles. The Kier molecular flexibility index (Phi) is 4.96. The summed E-state index contributed by atoms with van der Waals surface area (Å²) < 4.78 is 0. The van der Waals surface area contributed by atoms with Crippen LogP contribution < -0.4 is 11.1 Å². The van der Waals surface area contributed by atoms with Crippen LogP contribution in [0.4, 0.5) is 0 Å². The molecule has 4 heteroatoms. The topological polar surface area (TPSA) is 55.1 Å². The molecule has 2 fully saturated rings. The van der Waals surface area contributed by atoms with E-state index in [4.69, 9.17) is 5.73 Å². The quantitative estimate of drug-likeness (QED) is 0.824. The molecule has 2 unspecified atom stereocenters. The van der Waals surface area contributed by atoms with Gasteiger partial charge in [0.1, 0.15) is 0 Å². The monoisotopic (exact) mass is 270 g/mol. The number of carbonyl (C=O) groups excluding carboxylic acids is 1. The van der Waals surface area contributed by atoms with Crippen LogP contribution >= 0.6 is 11.8 Å². The summed E-state index contributed by atoms with van der Waals surface area (Å²) in [6, 6.07) is 0.366. The number of nitrogens with one attached hydrogen (secondary N) is 1. The minimum absolute atomic E-state index is 0.230. The van der Waals surface area contributed by atoms with E-state index < -0.39 is 0 Å². The zero-order valence-electron chi connectivity index (χ0n) is 11.4. The Hall–Kier alpha value is -0.220. The average Bonchev–Trinajstić information content (AvgIpc) is 2.89. The molecule has 0 aromatic carbocycles. The summed E-state index contributed by atoms with van der Waals surface area (Å²) in [6.45, 7) is 0.509. The molecule has 0 saturated heterocycles. The predicted molar refractivity (Wildman–Crippen MR) is 77.7 cm³/mol. The Morgan fingerprint density at radius 3 is 2.56 bits per heavy atom. The highest BCUT2D eigenvalue weighted by atomic mass is 32.2. The maximum atomic E-state index is 12.5. The third-order valence-electron chi connectivity index (χ3n) is 4.75. The van der Waals surface area contributed by atoms with Crippen molar-refractivity contribution >= 4 is 17.7 Å². The van der Waals surface area contributed by atoms with E-state index >= 15 is 0 Å². The van der Waals surface area contributed by atoms with Crippen molar-refractivity contribution in [2.75, 3.05) is 12.8 Å². The van der Waals surface area contributed by atoms with Gasteiger partial charge in [0.05, 0.1) is 5.41 Å². The molecule has 0 heterocycles. The molecule has 2 atom stereocenters. The first-order valence-corrected chi connectivity index (χ1v) is 8.54. The molecular weight excluding hydrogens is 244 g/mol. The fourth-order valence-corrected chi connectivity index (χ4v) is 4.38. The highest BCUT2D eigenvalue weighted by Crippen LogP contribution is 2.38. The third-order valence-corrected chi connectivity index (χ3v) is 5.92. The van der Waals surface area contributed by atoms with Crippen LogP contribution in [0.2, 0.25) is 0 Å². The molecule has 2 rings (SSSR count). The standard InChI is InChI=1S/C14H26N2OS/c1-18-12-7-3-2-6-11(12)16-13(17)14(10-15)8-4-5-9-14/h11-12H,2-10,15H2,1H3,(H,16,17). The van der Waals surface area contributed by atoms with Gasteiger partial charge in [0.25, 0.3) is 0 Å². The second-order valence-electron chi connectivity index (χ2n) is 5.83. The fourth-order valence-electron chi connectivity index (χ4n) is 3.44. The summed E-state index contributed by atoms with van der Waals surface area (Å²) in [5.41, 5.74) is 5.63. The molecule has 1 amide bonds. The molecule has 0 bridgehead atoms. The van der Waals surface area contributed by atoms with E-state index in [1.807, 2.05) is 11.8 Å². The lowest BCUT2D eigenvalue weighted by atomic mass is 9.84. The van der Waals surface area contributed by atoms with E-state index in [-0.39, 0.29) is 11.3 Å². The molecule has 3 N–H and O–H groups in total. The third kappa shape index (κ3) is 2.85. The van der Waals surface area contributed by atoms with Crippen molar-refractivity contribution in [2.45, 2.75) is 62.7 Å². The van der Waals surface area contributed by atoms with Gasteiger partial charge in [-0.3, -0.25) is 4.79 Å². The van der Waals surface area contributed by atoms with Gasteiger partial charge in [-0.1, -0.05) is 25.7 Å². The van der Waals surface area contributed by atoms with Gasteiger partial charge in [-0.2, -0.15) is 11.8 Å². The first kappa shape index (κ1) is 14.2. The van der Waals surface area contributed by atoms with Crippen molar-refractivity contribution in [2.24, 2.45) is 11.1 Å². The van der Waals surface area contributed by atoms with Crippen molar-refractivity contribution in [1.82, 2.24) is 5.32 Å². The summed E-state index contributed by atoms with van der Waals surface area (Å²) >= 11 is 1.90. The van der Waals surface area contributed by atoms with Gasteiger partial charge in [0, 0.05) is 17.8 Å². The normalized spacial score (nSPS) is 31.2. The maximum absolute atomic E-state index is 12.5. The molecule has 3 nitrogen and oxygen atoms in total. The Bertz CT molecular complexity index is 290. The highest BCUT2D eigenvalue weighted by Gasteiger charge is 2.41. The summed E-state index contributed by atoms with van der Waals surface area (Å²) in [7, 11) is 0. The first-order valence-electron chi connectivity index (χ1n) is 7.26. The molecule has 2 saturated carbocycles. The summed E-state index contributed by atoms with van der Waals surface area (Å²) in [4.78, 5) is 12.5. The SMILES string of the molecule is CSC1CCCCC1NC(=O)C1(CN)CCCC1. The number of hydrogen-bond acceptors (Lipinski definition) is 3. The van der Waals surface area contributed by atoms with Crippen LogP contribution in [-0.4, -0.2) is 30.0 Å². The summed E-state index contributed by atoms with van der Waals surface area (Å²) in [5, 5.41) is 3.91. The average molecular weight is 270 g/mol. The van der Waals surface area contributed by atoms with Gasteiger partial charge in [-0.15, -0.1) is 0 Å². The molecular formula is C14H26N2OS. The van der Waals surface area contributed by atoms with Crippen molar-refractivity contribution in [3.8, 4) is 0 Å². The predicted octanol–water partition coefficient (Wildman–Crippen LogP) is 2.30. The summed E-state index contributed by atoms with van der Waals surface area (Å²) in [6.07, 6.45) is 11.3. The fraction of sp³-hybridized carbons (Fsp3) is 0.929. The number of rotatable bonds is 4. The number of carbonyl (C=O) groups is 1. The van der Waals surface area contributed by atoms with Crippen LogP contribution in [0.15, 0.2) is 0 Å². The number of thioether (sulfide) groups is 1. The van der Waals surface area contributed by atoms with E-state index in [2.05, 4.69) is 11.6 Å². The van der Waals surface area contributed by atoms with Crippen molar-refractivity contribution in [3.63, 3.8) is 0 Å². The van der Waals surface area contributed by atoms with Crippen molar-refractivity contribution < 1.29 is 4.79 Å². The van der Waals surface area contributed by atoms with Crippen molar-refractivity contribution in [1.29, 1.82) is 0 Å². The summed E-state index contributed by atoms with van der Waals surface area (Å²) in [5.74, 6) is 0.230. The lowest BCUT2D eigenvalue weighted by Gasteiger charge is -2.34. The van der Waals surface area contributed by atoms with E-state index in [0.717, 1.165) is 32.1 Å². The number of amides is 1.